The molecule has 33 heavy (non-hydrogen) atoms. The van der Waals surface area contributed by atoms with Gasteiger partial charge in [-0.3, -0.25) is 19.2 Å². The van der Waals surface area contributed by atoms with Crippen LogP contribution in [0.1, 0.15) is 18.8 Å². The molecule has 9 heteroatoms. The number of para-hydroxylation sites is 2. The summed E-state index contributed by atoms with van der Waals surface area (Å²) in [7, 11) is -1.93. The summed E-state index contributed by atoms with van der Waals surface area (Å²) >= 11 is 0. The number of piperazine rings is 1. The molecule has 0 bridgehead atoms. The minimum atomic E-state index is -3.67. The zero-order chi connectivity index (χ0) is 23.2. The summed E-state index contributed by atoms with van der Waals surface area (Å²) in [6.07, 6.45) is 1.61. The molecule has 1 fully saturated rings. The Balaban J connectivity index is 1.39. The first-order valence-corrected chi connectivity index (χ1v) is 12.4. The summed E-state index contributed by atoms with van der Waals surface area (Å²) in [6.45, 7) is 3.81. The Hall–Kier alpha value is -3.14. The number of aromatic nitrogens is 3. The van der Waals surface area contributed by atoms with Crippen LogP contribution in [0.2, 0.25) is 0 Å². The van der Waals surface area contributed by atoms with E-state index in [9.17, 15) is 13.2 Å². The lowest BCUT2D eigenvalue weighted by atomic mass is 10.2. The molecule has 0 spiro atoms. The van der Waals surface area contributed by atoms with Crippen molar-refractivity contribution >= 4 is 31.8 Å². The average molecular weight is 464 g/mol. The molecule has 5 rings (SSSR count). The highest BCUT2D eigenvalue weighted by atomic mass is 32.2. The Kier molecular flexibility index (Phi) is 5.48. The lowest BCUT2D eigenvalue weighted by Crippen LogP contribution is -2.49. The Labute approximate surface area is 192 Å². The van der Waals surface area contributed by atoms with Gasteiger partial charge in [-0.05, 0) is 31.2 Å². The molecule has 1 saturated heterocycles. The zero-order valence-electron chi connectivity index (χ0n) is 18.5. The third kappa shape index (κ3) is 3.72. The normalized spacial score (nSPS) is 16.9. The molecule has 1 aliphatic rings. The number of benzene rings is 2. The molecule has 0 saturated carbocycles. The maximum Gasteiger partial charge on any atom is 0.261 e. The number of sulfonamides is 1. The molecule has 2 aromatic carbocycles. The van der Waals surface area contributed by atoms with Crippen molar-refractivity contribution in [3.8, 4) is 0 Å². The van der Waals surface area contributed by atoms with Crippen LogP contribution in [0.3, 0.4) is 0 Å². The first-order valence-electron chi connectivity index (χ1n) is 10.9. The predicted molar refractivity (Wildman–Crippen MR) is 127 cm³/mol. The quantitative estimate of drug-likeness (QED) is 0.462. The second-order valence-corrected chi connectivity index (χ2v) is 10.2. The van der Waals surface area contributed by atoms with Gasteiger partial charge in [-0.1, -0.05) is 30.3 Å². The summed E-state index contributed by atoms with van der Waals surface area (Å²) in [5.41, 5.74) is 1.09. The van der Waals surface area contributed by atoms with Gasteiger partial charge in [0.05, 0.1) is 22.5 Å². The SMILES string of the molecule is CC(c1nc2ccccc2c(=O)n1C)N1CCN(S(=O)(=O)c2cccc3cccnc23)CC1. The molecule has 8 nitrogen and oxygen atoms in total. The van der Waals surface area contributed by atoms with Gasteiger partial charge in [0, 0.05) is 44.8 Å². The maximum atomic E-state index is 13.4. The Morgan fingerprint density at radius 1 is 0.939 bits per heavy atom. The molecule has 0 radical (unpaired) electrons. The van der Waals surface area contributed by atoms with E-state index in [0.29, 0.717) is 48.4 Å². The van der Waals surface area contributed by atoms with Gasteiger partial charge in [0.2, 0.25) is 10.0 Å². The van der Waals surface area contributed by atoms with Crippen LogP contribution in [0.5, 0.6) is 0 Å². The van der Waals surface area contributed by atoms with Crippen LogP contribution in [0.25, 0.3) is 21.8 Å². The first kappa shape index (κ1) is 21.7. The Morgan fingerprint density at radius 2 is 1.67 bits per heavy atom. The summed E-state index contributed by atoms with van der Waals surface area (Å²) in [5, 5.41) is 1.39. The molecule has 0 amide bonds. The van der Waals surface area contributed by atoms with E-state index in [1.165, 1.54) is 4.31 Å². The molecule has 0 N–H and O–H groups in total. The second-order valence-electron chi connectivity index (χ2n) is 8.30. The van der Waals surface area contributed by atoms with Crippen molar-refractivity contribution in [3.63, 3.8) is 0 Å². The van der Waals surface area contributed by atoms with Crippen LogP contribution in [-0.2, 0) is 17.1 Å². The topological polar surface area (TPSA) is 88.4 Å². The molecule has 170 valence electrons. The summed E-state index contributed by atoms with van der Waals surface area (Å²) in [4.78, 5) is 24.3. The lowest BCUT2D eigenvalue weighted by molar-refractivity contribution is 0.139. The van der Waals surface area contributed by atoms with Crippen LogP contribution >= 0.6 is 0 Å². The zero-order valence-corrected chi connectivity index (χ0v) is 19.4. The number of fused-ring (bicyclic) bond motifs is 2. The van der Waals surface area contributed by atoms with Gasteiger partial charge in [-0.25, -0.2) is 13.4 Å². The van der Waals surface area contributed by atoms with Crippen LogP contribution in [0, 0.1) is 0 Å². The monoisotopic (exact) mass is 463 g/mol. The molecule has 0 aliphatic carbocycles. The first-order chi connectivity index (χ1) is 15.9. The van der Waals surface area contributed by atoms with Gasteiger partial charge in [-0.2, -0.15) is 4.31 Å². The van der Waals surface area contributed by atoms with Crippen molar-refractivity contribution < 1.29 is 8.42 Å². The number of hydrogen-bond donors (Lipinski definition) is 0. The maximum absolute atomic E-state index is 13.4. The minimum absolute atomic E-state index is 0.0767. The van der Waals surface area contributed by atoms with Crippen molar-refractivity contribution in [2.45, 2.75) is 17.9 Å². The van der Waals surface area contributed by atoms with Gasteiger partial charge in [0.15, 0.2) is 0 Å². The predicted octanol–water partition coefficient (Wildman–Crippen LogP) is 2.55. The van der Waals surface area contributed by atoms with Crippen molar-refractivity contribution in [3.05, 3.63) is 77.0 Å². The largest absolute Gasteiger partial charge is 0.298 e. The fourth-order valence-electron chi connectivity index (χ4n) is 4.53. The third-order valence-corrected chi connectivity index (χ3v) is 8.36. The molecule has 1 aliphatic heterocycles. The highest BCUT2D eigenvalue weighted by Crippen LogP contribution is 2.27. The van der Waals surface area contributed by atoms with Crippen molar-refractivity contribution in [2.75, 3.05) is 26.2 Å². The number of hydrogen-bond acceptors (Lipinski definition) is 6. The third-order valence-electron chi connectivity index (χ3n) is 6.43. The van der Waals surface area contributed by atoms with Crippen molar-refractivity contribution in [1.29, 1.82) is 0 Å². The molecule has 2 aromatic heterocycles. The number of rotatable bonds is 4. The van der Waals surface area contributed by atoms with Crippen molar-refractivity contribution in [2.24, 2.45) is 7.05 Å². The molecular weight excluding hydrogens is 438 g/mol. The minimum Gasteiger partial charge on any atom is -0.298 e. The van der Waals surface area contributed by atoms with Gasteiger partial charge in [0.25, 0.3) is 5.56 Å². The fraction of sp³-hybridized carbons (Fsp3) is 0.292. The Bertz CT molecular complexity index is 1500. The van der Waals surface area contributed by atoms with E-state index in [0.717, 1.165) is 5.39 Å². The van der Waals surface area contributed by atoms with Gasteiger partial charge < -0.3 is 0 Å². The summed E-state index contributed by atoms with van der Waals surface area (Å²) in [5.74, 6) is 0.674. The molecule has 4 aromatic rings. The number of pyridine rings is 1. The van der Waals surface area contributed by atoms with Crippen LogP contribution in [0.15, 0.2) is 70.5 Å². The highest BCUT2D eigenvalue weighted by Gasteiger charge is 2.32. The standard InChI is InChI=1S/C24H25N5O3S/c1-17(23-26-20-10-4-3-9-19(20)24(30)27(23)2)28-13-15-29(16-14-28)33(31,32)21-11-5-7-18-8-6-12-25-22(18)21/h3-12,17H,13-16H2,1-2H3. The average Bonchev–Trinajstić information content (AvgIpc) is 2.85. The summed E-state index contributed by atoms with van der Waals surface area (Å²) < 4.78 is 29.9. The molecule has 1 unspecified atom stereocenters. The van der Waals surface area contributed by atoms with E-state index in [1.807, 2.05) is 37.3 Å². The Morgan fingerprint density at radius 3 is 2.45 bits per heavy atom. The van der Waals surface area contributed by atoms with E-state index in [1.54, 1.807) is 42.1 Å². The second kappa shape index (κ2) is 8.33. The van der Waals surface area contributed by atoms with Crippen LogP contribution in [-0.4, -0.2) is 58.3 Å². The van der Waals surface area contributed by atoms with Gasteiger partial charge in [0.1, 0.15) is 10.7 Å². The van der Waals surface area contributed by atoms with Crippen molar-refractivity contribution in [1.82, 2.24) is 23.7 Å². The smallest absolute Gasteiger partial charge is 0.261 e. The number of nitrogens with zero attached hydrogens (tertiary/aromatic N) is 5. The highest BCUT2D eigenvalue weighted by molar-refractivity contribution is 7.89. The van der Waals surface area contributed by atoms with E-state index < -0.39 is 10.0 Å². The molecular formula is C24H25N5O3S. The van der Waals surface area contributed by atoms with Crippen LogP contribution < -0.4 is 5.56 Å². The van der Waals surface area contributed by atoms with E-state index in [2.05, 4.69) is 9.88 Å². The lowest BCUT2D eigenvalue weighted by Gasteiger charge is -2.37. The summed E-state index contributed by atoms with van der Waals surface area (Å²) in [6, 6.07) is 16.1. The fourth-order valence-corrected chi connectivity index (χ4v) is 6.11. The van der Waals surface area contributed by atoms with Crippen LogP contribution in [0.4, 0.5) is 0 Å². The molecule has 1 atom stereocenters. The molecule has 3 heterocycles. The van der Waals surface area contributed by atoms with E-state index in [4.69, 9.17) is 4.98 Å². The van der Waals surface area contributed by atoms with E-state index in [-0.39, 0.29) is 16.5 Å². The van der Waals surface area contributed by atoms with E-state index >= 15 is 0 Å². The van der Waals surface area contributed by atoms with Gasteiger partial charge >= 0.3 is 0 Å². The van der Waals surface area contributed by atoms with Gasteiger partial charge in [-0.15, -0.1) is 0 Å².